The van der Waals surface area contributed by atoms with Crippen LogP contribution in [0.3, 0.4) is 0 Å². The summed E-state index contributed by atoms with van der Waals surface area (Å²) >= 11 is 0. The molecule has 0 bridgehead atoms. The molecule has 0 saturated carbocycles. The molecule has 0 amide bonds. The van der Waals surface area contributed by atoms with Gasteiger partial charge in [-0.05, 0) is 19.1 Å². The highest BCUT2D eigenvalue weighted by Crippen LogP contribution is 2.13. The third kappa shape index (κ3) is 1.51. The highest BCUT2D eigenvalue weighted by molar-refractivity contribution is 5.37. The average molecular weight is 175 g/mol. The molecule has 1 aromatic heterocycles. The van der Waals surface area contributed by atoms with Crippen LogP contribution < -0.4 is 0 Å². The first kappa shape index (κ1) is 7.79. The topological polar surface area (TPSA) is 50.9 Å². The van der Waals surface area contributed by atoms with Gasteiger partial charge in [-0.1, -0.05) is 6.07 Å². The van der Waals surface area contributed by atoms with Gasteiger partial charge in [0.15, 0.2) is 0 Å². The third-order valence-corrected chi connectivity index (χ3v) is 1.70. The second kappa shape index (κ2) is 2.90. The van der Waals surface area contributed by atoms with Crippen LogP contribution in [-0.4, -0.2) is 19.9 Å². The molecule has 0 aliphatic carbocycles. The number of rotatable bonds is 1. The van der Waals surface area contributed by atoms with Crippen molar-refractivity contribution in [3.8, 4) is 11.4 Å². The van der Waals surface area contributed by atoms with E-state index >= 15 is 0 Å². The Kier molecular flexibility index (Phi) is 1.73. The molecule has 2 rings (SSSR count). The number of hydrogen-bond acceptors (Lipinski definition) is 3. The minimum Gasteiger partial charge on any atom is -0.508 e. The molecule has 0 unspecified atom stereocenters. The Hall–Kier alpha value is -1.84. The van der Waals surface area contributed by atoms with E-state index in [0.717, 1.165) is 5.69 Å². The van der Waals surface area contributed by atoms with E-state index in [0.29, 0.717) is 5.82 Å². The Morgan fingerprint density at radius 2 is 2.23 bits per heavy atom. The molecule has 0 aliphatic rings. The van der Waals surface area contributed by atoms with Crippen LogP contribution in [0.15, 0.2) is 30.6 Å². The van der Waals surface area contributed by atoms with E-state index in [1.54, 1.807) is 29.2 Å². The maximum Gasteiger partial charge on any atom is 0.147 e. The average Bonchev–Trinajstić information content (AvgIpc) is 2.52. The van der Waals surface area contributed by atoms with Gasteiger partial charge in [0, 0.05) is 6.07 Å². The lowest BCUT2D eigenvalue weighted by molar-refractivity contribution is 0.475. The molecular weight excluding hydrogens is 166 g/mol. The van der Waals surface area contributed by atoms with Gasteiger partial charge in [-0.25, -0.2) is 9.67 Å². The molecule has 2 aromatic rings. The lowest BCUT2D eigenvalue weighted by atomic mass is 10.3. The lowest BCUT2D eigenvalue weighted by Gasteiger charge is -1.99. The molecule has 0 spiro atoms. The number of aromatic hydroxyl groups is 1. The normalized spacial score (nSPS) is 10.2. The van der Waals surface area contributed by atoms with Crippen LogP contribution in [0.25, 0.3) is 5.69 Å². The summed E-state index contributed by atoms with van der Waals surface area (Å²) in [5, 5.41) is 13.3. The van der Waals surface area contributed by atoms with Crippen molar-refractivity contribution in [1.82, 2.24) is 14.8 Å². The van der Waals surface area contributed by atoms with Gasteiger partial charge in [0.25, 0.3) is 0 Å². The predicted octanol–water partition coefficient (Wildman–Crippen LogP) is 1.28. The maximum atomic E-state index is 9.22. The predicted molar refractivity (Wildman–Crippen MR) is 47.8 cm³/mol. The maximum absolute atomic E-state index is 9.22. The van der Waals surface area contributed by atoms with Crippen molar-refractivity contribution in [2.75, 3.05) is 0 Å². The van der Waals surface area contributed by atoms with Gasteiger partial charge < -0.3 is 5.11 Å². The van der Waals surface area contributed by atoms with Crippen molar-refractivity contribution in [3.05, 3.63) is 36.4 Å². The molecule has 4 nitrogen and oxygen atoms in total. The summed E-state index contributed by atoms with van der Waals surface area (Å²) in [5.74, 6) is 0.939. The fourth-order valence-electron chi connectivity index (χ4n) is 1.11. The Morgan fingerprint density at radius 1 is 1.38 bits per heavy atom. The zero-order chi connectivity index (χ0) is 9.26. The van der Waals surface area contributed by atoms with Crippen molar-refractivity contribution in [3.63, 3.8) is 0 Å². The van der Waals surface area contributed by atoms with Gasteiger partial charge >= 0.3 is 0 Å². The molecule has 1 aromatic carbocycles. The number of phenols is 1. The Morgan fingerprint density at radius 3 is 2.85 bits per heavy atom. The minimum absolute atomic E-state index is 0.227. The highest BCUT2D eigenvalue weighted by Gasteiger charge is 1.98. The summed E-state index contributed by atoms with van der Waals surface area (Å²) in [4.78, 5) is 3.99. The molecular formula is C9H9N3O. The summed E-state index contributed by atoms with van der Waals surface area (Å²) in [6, 6.07) is 6.87. The van der Waals surface area contributed by atoms with Crippen LogP contribution in [0.1, 0.15) is 5.82 Å². The second-order valence-corrected chi connectivity index (χ2v) is 2.76. The molecule has 4 heteroatoms. The van der Waals surface area contributed by atoms with Gasteiger partial charge in [-0.2, -0.15) is 5.10 Å². The lowest BCUT2D eigenvalue weighted by Crippen LogP contribution is -1.93. The summed E-state index contributed by atoms with van der Waals surface area (Å²) < 4.78 is 1.62. The van der Waals surface area contributed by atoms with Crippen LogP contribution in [-0.2, 0) is 0 Å². The van der Waals surface area contributed by atoms with Crippen molar-refractivity contribution in [1.29, 1.82) is 0 Å². The number of hydrogen-bond donors (Lipinski definition) is 1. The van der Waals surface area contributed by atoms with Crippen LogP contribution in [0.2, 0.25) is 0 Å². The SMILES string of the molecule is Cc1ncn(-c2cccc(O)c2)n1. The first-order valence-electron chi connectivity index (χ1n) is 3.93. The molecule has 0 fully saturated rings. The summed E-state index contributed by atoms with van der Waals surface area (Å²) in [7, 11) is 0. The molecule has 1 N–H and O–H groups in total. The number of phenolic OH excluding ortho intramolecular Hbond substituents is 1. The monoisotopic (exact) mass is 175 g/mol. The van der Waals surface area contributed by atoms with Gasteiger partial charge in [0.05, 0.1) is 5.69 Å². The highest BCUT2D eigenvalue weighted by atomic mass is 16.3. The zero-order valence-electron chi connectivity index (χ0n) is 7.18. The molecule has 13 heavy (non-hydrogen) atoms. The van der Waals surface area contributed by atoms with E-state index in [1.165, 1.54) is 0 Å². The molecule has 66 valence electrons. The first-order valence-corrected chi connectivity index (χ1v) is 3.93. The molecule has 1 heterocycles. The number of aryl methyl sites for hydroxylation is 1. The van der Waals surface area contributed by atoms with Crippen molar-refractivity contribution >= 4 is 0 Å². The number of aromatic nitrogens is 3. The largest absolute Gasteiger partial charge is 0.508 e. The fraction of sp³-hybridized carbons (Fsp3) is 0.111. The van der Waals surface area contributed by atoms with Crippen LogP contribution >= 0.6 is 0 Å². The molecule has 0 aliphatic heterocycles. The van der Waals surface area contributed by atoms with Crippen molar-refractivity contribution in [2.45, 2.75) is 6.92 Å². The van der Waals surface area contributed by atoms with E-state index in [2.05, 4.69) is 10.1 Å². The smallest absolute Gasteiger partial charge is 0.147 e. The van der Waals surface area contributed by atoms with Gasteiger partial charge in [-0.3, -0.25) is 0 Å². The fourth-order valence-corrected chi connectivity index (χ4v) is 1.11. The number of benzene rings is 1. The summed E-state index contributed by atoms with van der Waals surface area (Å²) in [6.45, 7) is 1.82. The van der Waals surface area contributed by atoms with E-state index < -0.39 is 0 Å². The van der Waals surface area contributed by atoms with Gasteiger partial charge in [0.2, 0.25) is 0 Å². The molecule has 0 atom stereocenters. The Balaban J connectivity index is 2.46. The van der Waals surface area contributed by atoms with Crippen LogP contribution in [0, 0.1) is 6.92 Å². The van der Waals surface area contributed by atoms with Crippen molar-refractivity contribution < 1.29 is 5.11 Å². The first-order chi connectivity index (χ1) is 6.25. The van der Waals surface area contributed by atoms with Crippen LogP contribution in [0.4, 0.5) is 0 Å². The van der Waals surface area contributed by atoms with Gasteiger partial charge in [-0.15, -0.1) is 0 Å². The minimum atomic E-state index is 0.227. The Labute approximate surface area is 75.5 Å². The Bertz CT molecular complexity index is 422. The molecule has 0 saturated heterocycles. The molecule has 0 radical (unpaired) electrons. The van der Waals surface area contributed by atoms with E-state index in [4.69, 9.17) is 0 Å². The quantitative estimate of drug-likeness (QED) is 0.710. The number of nitrogens with zero attached hydrogens (tertiary/aromatic N) is 3. The van der Waals surface area contributed by atoms with Gasteiger partial charge in [0.1, 0.15) is 17.9 Å². The second-order valence-electron chi connectivity index (χ2n) is 2.76. The summed E-state index contributed by atoms with van der Waals surface area (Å²) in [5.41, 5.74) is 0.806. The van der Waals surface area contributed by atoms with E-state index in [9.17, 15) is 5.11 Å². The van der Waals surface area contributed by atoms with Crippen molar-refractivity contribution in [2.24, 2.45) is 0 Å². The van der Waals surface area contributed by atoms with Crippen LogP contribution in [0.5, 0.6) is 5.75 Å². The van der Waals surface area contributed by atoms with E-state index in [1.807, 2.05) is 13.0 Å². The standard InChI is InChI=1S/C9H9N3O/c1-7-10-6-12(11-7)8-3-2-4-9(13)5-8/h2-6,13H,1H3. The van der Waals surface area contributed by atoms with E-state index in [-0.39, 0.29) is 5.75 Å². The summed E-state index contributed by atoms with van der Waals surface area (Å²) in [6.07, 6.45) is 1.62. The third-order valence-electron chi connectivity index (χ3n) is 1.70. The zero-order valence-corrected chi connectivity index (χ0v) is 7.18.